The maximum atomic E-state index is 13.2. The predicted molar refractivity (Wildman–Crippen MR) is 80.8 cm³/mol. The summed E-state index contributed by atoms with van der Waals surface area (Å²) in [5.41, 5.74) is 1.15. The van der Waals surface area contributed by atoms with Crippen molar-refractivity contribution in [2.24, 2.45) is 0 Å². The van der Waals surface area contributed by atoms with Crippen LogP contribution in [0.5, 0.6) is 0 Å². The lowest BCUT2D eigenvalue weighted by molar-refractivity contribution is -0.384. The highest BCUT2D eigenvalue weighted by molar-refractivity contribution is 5.62. The van der Waals surface area contributed by atoms with E-state index in [1.165, 1.54) is 12.1 Å². The summed E-state index contributed by atoms with van der Waals surface area (Å²) in [6.07, 6.45) is 1.76. The van der Waals surface area contributed by atoms with Gasteiger partial charge in [-0.1, -0.05) is 43.7 Å². The minimum atomic E-state index is -0.612. The van der Waals surface area contributed by atoms with E-state index in [1.807, 2.05) is 30.3 Å². The molecular formula is C16H17FN2O2. The van der Waals surface area contributed by atoms with E-state index in [1.54, 1.807) is 0 Å². The van der Waals surface area contributed by atoms with E-state index in [9.17, 15) is 14.5 Å². The Morgan fingerprint density at radius 3 is 2.57 bits per heavy atom. The second kappa shape index (κ2) is 6.83. The van der Waals surface area contributed by atoms with Crippen LogP contribution in [0.2, 0.25) is 0 Å². The second-order valence-electron chi connectivity index (χ2n) is 4.81. The van der Waals surface area contributed by atoms with Gasteiger partial charge in [-0.25, -0.2) is 4.39 Å². The Hall–Kier alpha value is -2.43. The summed E-state index contributed by atoms with van der Waals surface area (Å²) in [6, 6.07) is 13.3. The van der Waals surface area contributed by atoms with Crippen LogP contribution < -0.4 is 5.32 Å². The van der Waals surface area contributed by atoms with Gasteiger partial charge in [0.05, 0.1) is 17.0 Å². The standard InChI is InChI=1S/C16H17FN2O2/c1-2-6-14(12-7-4-3-5-8-12)18-15-10-9-13(17)11-16(15)19(20)21/h3-5,7-11,14,18H,2,6H2,1H3. The Morgan fingerprint density at radius 2 is 1.95 bits per heavy atom. The van der Waals surface area contributed by atoms with E-state index in [0.29, 0.717) is 5.69 Å². The molecule has 1 atom stereocenters. The van der Waals surface area contributed by atoms with Crippen molar-refractivity contribution < 1.29 is 9.31 Å². The number of nitrogens with one attached hydrogen (secondary N) is 1. The molecule has 0 radical (unpaired) electrons. The maximum absolute atomic E-state index is 13.2. The molecule has 21 heavy (non-hydrogen) atoms. The first-order valence-corrected chi connectivity index (χ1v) is 6.87. The van der Waals surface area contributed by atoms with Crippen molar-refractivity contribution in [2.75, 3.05) is 5.32 Å². The van der Waals surface area contributed by atoms with Gasteiger partial charge in [-0.3, -0.25) is 10.1 Å². The highest BCUT2D eigenvalue weighted by atomic mass is 19.1. The van der Waals surface area contributed by atoms with Crippen molar-refractivity contribution in [3.8, 4) is 0 Å². The molecule has 110 valence electrons. The number of nitro groups is 1. The summed E-state index contributed by atoms with van der Waals surface area (Å²) in [4.78, 5) is 10.5. The lowest BCUT2D eigenvalue weighted by Gasteiger charge is -2.19. The zero-order valence-corrected chi connectivity index (χ0v) is 11.8. The zero-order valence-electron chi connectivity index (χ0n) is 11.8. The van der Waals surface area contributed by atoms with Crippen LogP contribution in [-0.2, 0) is 0 Å². The number of rotatable bonds is 6. The second-order valence-corrected chi connectivity index (χ2v) is 4.81. The van der Waals surface area contributed by atoms with Crippen LogP contribution in [0.1, 0.15) is 31.4 Å². The molecule has 4 nitrogen and oxygen atoms in total. The van der Waals surface area contributed by atoms with Crippen molar-refractivity contribution in [1.82, 2.24) is 0 Å². The summed E-state index contributed by atoms with van der Waals surface area (Å²) >= 11 is 0. The van der Waals surface area contributed by atoms with Crippen molar-refractivity contribution in [2.45, 2.75) is 25.8 Å². The number of nitrogens with zero attached hydrogens (tertiary/aromatic N) is 1. The molecule has 0 aliphatic heterocycles. The van der Waals surface area contributed by atoms with Crippen LogP contribution in [0, 0.1) is 15.9 Å². The van der Waals surface area contributed by atoms with Crippen molar-refractivity contribution in [3.63, 3.8) is 0 Å². The Kier molecular flexibility index (Phi) is 4.87. The molecule has 0 aromatic heterocycles. The third kappa shape index (κ3) is 3.78. The molecule has 2 aromatic rings. The summed E-state index contributed by atoms with van der Waals surface area (Å²) in [5, 5.41) is 14.2. The molecule has 0 heterocycles. The highest BCUT2D eigenvalue weighted by Crippen LogP contribution is 2.30. The number of hydrogen-bond donors (Lipinski definition) is 1. The molecule has 2 aromatic carbocycles. The summed E-state index contributed by atoms with van der Waals surface area (Å²) < 4.78 is 13.2. The number of benzene rings is 2. The Morgan fingerprint density at radius 1 is 1.24 bits per heavy atom. The first kappa shape index (κ1) is 15.0. The lowest BCUT2D eigenvalue weighted by atomic mass is 10.0. The summed E-state index contributed by atoms with van der Waals surface area (Å²) in [5.74, 6) is -0.612. The van der Waals surface area contributed by atoms with Crippen LogP contribution in [0.3, 0.4) is 0 Å². The number of halogens is 1. The van der Waals surface area contributed by atoms with Gasteiger partial charge in [-0.2, -0.15) is 0 Å². The van der Waals surface area contributed by atoms with E-state index in [-0.39, 0.29) is 11.7 Å². The normalized spacial score (nSPS) is 11.9. The fraction of sp³-hybridized carbons (Fsp3) is 0.250. The largest absolute Gasteiger partial charge is 0.373 e. The van der Waals surface area contributed by atoms with E-state index in [2.05, 4.69) is 12.2 Å². The van der Waals surface area contributed by atoms with Gasteiger partial charge in [0, 0.05) is 0 Å². The number of hydrogen-bond acceptors (Lipinski definition) is 3. The molecule has 0 bridgehead atoms. The smallest absolute Gasteiger partial charge is 0.295 e. The van der Waals surface area contributed by atoms with E-state index >= 15 is 0 Å². The minimum Gasteiger partial charge on any atom is -0.373 e. The molecule has 0 fully saturated rings. The molecule has 0 aliphatic rings. The summed E-state index contributed by atoms with van der Waals surface area (Å²) in [6.45, 7) is 2.05. The molecule has 0 aliphatic carbocycles. The Labute approximate surface area is 122 Å². The van der Waals surface area contributed by atoms with E-state index < -0.39 is 10.7 Å². The first-order chi connectivity index (χ1) is 10.1. The quantitative estimate of drug-likeness (QED) is 0.620. The fourth-order valence-corrected chi connectivity index (χ4v) is 2.26. The van der Waals surface area contributed by atoms with Gasteiger partial charge in [0.2, 0.25) is 0 Å². The van der Waals surface area contributed by atoms with Gasteiger partial charge in [0.25, 0.3) is 5.69 Å². The third-order valence-corrected chi connectivity index (χ3v) is 3.27. The maximum Gasteiger partial charge on any atom is 0.295 e. The minimum absolute atomic E-state index is 0.0413. The van der Waals surface area contributed by atoms with Crippen LogP contribution >= 0.6 is 0 Å². The van der Waals surface area contributed by atoms with Gasteiger partial charge >= 0.3 is 0 Å². The van der Waals surface area contributed by atoms with Crippen LogP contribution in [-0.4, -0.2) is 4.92 Å². The molecule has 0 saturated carbocycles. The van der Waals surface area contributed by atoms with Gasteiger partial charge in [0.1, 0.15) is 11.5 Å². The molecule has 1 unspecified atom stereocenters. The van der Waals surface area contributed by atoms with Crippen molar-refractivity contribution in [3.05, 3.63) is 70.0 Å². The molecule has 0 saturated heterocycles. The lowest BCUT2D eigenvalue weighted by Crippen LogP contribution is -2.12. The summed E-state index contributed by atoms with van der Waals surface area (Å²) in [7, 11) is 0. The van der Waals surface area contributed by atoms with Gasteiger partial charge in [0.15, 0.2) is 0 Å². The average Bonchev–Trinajstić information content (AvgIpc) is 2.49. The van der Waals surface area contributed by atoms with E-state index in [0.717, 1.165) is 24.5 Å². The van der Waals surface area contributed by atoms with Crippen LogP contribution in [0.25, 0.3) is 0 Å². The van der Waals surface area contributed by atoms with Gasteiger partial charge in [-0.15, -0.1) is 0 Å². The fourth-order valence-electron chi connectivity index (χ4n) is 2.26. The van der Waals surface area contributed by atoms with Crippen molar-refractivity contribution >= 4 is 11.4 Å². The zero-order chi connectivity index (χ0) is 15.2. The molecule has 0 spiro atoms. The average molecular weight is 288 g/mol. The van der Waals surface area contributed by atoms with Gasteiger partial charge in [-0.05, 0) is 24.1 Å². The SMILES string of the molecule is CCCC(Nc1ccc(F)cc1[N+](=O)[O-])c1ccccc1. The first-order valence-electron chi connectivity index (χ1n) is 6.87. The molecule has 1 N–H and O–H groups in total. The van der Waals surface area contributed by atoms with Crippen LogP contribution in [0.4, 0.5) is 15.8 Å². The monoisotopic (exact) mass is 288 g/mol. The number of nitro benzene ring substituents is 1. The topological polar surface area (TPSA) is 55.2 Å². The van der Waals surface area contributed by atoms with Crippen molar-refractivity contribution in [1.29, 1.82) is 0 Å². The third-order valence-electron chi connectivity index (χ3n) is 3.27. The van der Waals surface area contributed by atoms with Gasteiger partial charge < -0.3 is 5.32 Å². The highest BCUT2D eigenvalue weighted by Gasteiger charge is 2.18. The Bertz CT molecular complexity index is 617. The van der Waals surface area contributed by atoms with Crippen LogP contribution in [0.15, 0.2) is 48.5 Å². The molecule has 2 rings (SSSR count). The number of anilines is 1. The molecular weight excluding hydrogens is 271 g/mol. The predicted octanol–water partition coefficient (Wildman–Crippen LogP) is 4.69. The van der Waals surface area contributed by atoms with E-state index in [4.69, 9.17) is 0 Å². The molecule has 5 heteroatoms. The molecule has 0 amide bonds. The Balaban J connectivity index is 2.31.